The van der Waals surface area contributed by atoms with E-state index >= 15 is 0 Å². The molecule has 0 bridgehead atoms. The summed E-state index contributed by atoms with van der Waals surface area (Å²) in [5.74, 6) is 1.03. The van der Waals surface area contributed by atoms with Gasteiger partial charge in [-0.3, -0.25) is 4.79 Å². The molecule has 2 heterocycles. The van der Waals surface area contributed by atoms with Crippen molar-refractivity contribution >= 4 is 17.5 Å². The molecule has 0 fully saturated rings. The van der Waals surface area contributed by atoms with Gasteiger partial charge in [-0.15, -0.1) is 0 Å². The third-order valence-corrected chi connectivity index (χ3v) is 5.27. The van der Waals surface area contributed by atoms with Crippen molar-refractivity contribution in [1.82, 2.24) is 15.1 Å². The lowest BCUT2D eigenvalue weighted by Gasteiger charge is -2.07. The number of para-hydroxylation sites is 2. The maximum Gasteiger partial charge on any atom is 0.287 e. The van der Waals surface area contributed by atoms with Crippen molar-refractivity contribution in [3.63, 3.8) is 0 Å². The maximum atomic E-state index is 12.6. The quantitative estimate of drug-likeness (QED) is 0.430. The van der Waals surface area contributed by atoms with Gasteiger partial charge < -0.3 is 14.5 Å². The number of hydrogen-bond acceptors (Lipinski definition) is 4. The van der Waals surface area contributed by atoms with Crippen LogP contribution < -0.4 is 10.1 Å². The molecule has 2 aromatic heterocycles. The Kier molecular flexibility index (Phi) is 6.09. The van der Waals surface area contributed by atoms with Gasteiger partial charge in [0.05, 0.1) is 16.4 Å². The highest BCUT2D eigenvalue weighted by Gasteiger charge is 2.16. The normalized spacial score (nSPS) is 10.8. The first-order valence-electron chi connectivity index (χ1n) is 9.87. The largest absolute Gasteiger partial charge is 0.484 e. The number of carbonyl (C=O) groups excluding carboxylic acids is 1. The van der Waals surface area contributed by atoms with E-state index in [0.29, 0.717) is 23.1 Å². The molecule has 4 rings (SSSR count). The summed E-state index contributed by atoms with van der Waals surface area (Å²) in [7, 11) is 0. The Morgan fingerprint density at radius 3 is 2.58 bits per heavy atom. The van der Waals surface area contributed by atoms with E-state index in [-0.39, 0.29) is 18.3 Å². The molecule has 0 unspecified atom stereocenters. The van der Waals surface area contributed by atoms with E-state index in [1.54, 1.807) is 24.3 Å². The molecule has 31 heavy (non-hydrogen) atoms. The second-order valence-electron chi connectivity index (χ2n) is 7.06. The van der Waals surface area contributed by atoms with Crippen molar-refractivity contribution in [2.75, 3.05) is 0 Å². The SMILES string of the molecule is Cc1nn(-c2ccccc2)c(C)c1CNC(=O)c1ccc(COc2ccccc2Cl)o1. The van der Waals surface area contributed by atoms with E-state index in [1.807, 2.05) is 61.0 Å². The number of aryl methyl sites for hydroxylation is 1. The maximum absolute atomic E-state index is 12.6. The van der Waals surface area contributed by atoms with Gasteiger partial charge in [0.1, 0.15) is 18.1 Å². The monoisotopic (exact) mass is 435 g/mol. The number of ether oxygens (including phenoxy) is 1. The van der Waals surface area contributed by atoms with Crippen molar-refractivity contribution < 1.29 is 13.9 Å². The molecule has 4 aromatic rings. The van der Waals surface area contributed by atoms with Gasteiger partial charge in [-0.1, -0.05) is 41.9 Å². The number of halogens is 1. The summed E-state index contributed by atoms with van der Waals surface area (Å²) >= 11 is 6.09. The van der Waals surface area contributed by atoms with E-state index in [2.05, 4.69) is 10.4 Å². The summed E-state index contributed by atoms with van der Waals surface area (Å²) in [6.45, 7) is 4.46. The minimum absolute atomic E-state index is 0.180. The number of benzene rings is 2. The van der Waals surface area contributed by atoms with E-state index in [9.17, 15) is 4.79 Å². The number of furan rings is 1. The van der Waals surface area contributed by atoms with Crippen LogP contribution in [0.2, 0.25) is 5.02 Å². The fourth-order valence-corrected chi connectivity index (χ4v) is 3.49. The van der Waals surface area contributed by atoms with Crippen LogP contribution in [0, 0.1) is 13.8 Å². The zero-order valence-corrected chi connectivity index (χ0v) is 18.0. The van der Waals surface area contributed by atoms with E-state index in [1.165, 1.54) is 0 Å². The Morgan fingerprint density at radius 1 is 1.06 bits per heavy atom. The fraction of sp³-hybridized carbons (Fsp3) is 0.167. The summed E-state index contributed by atoms with van der Waals surface area (Å²) in [5, 5.41) is 8.04. The molecule has 1 amide bonds. The number of nitrogens with one attached hydrogen (secondary N) is 1. The van der Waals surface area contributed by atoms with Crippen LogP contribution in [0.15, 0.2) is 71.1 Å². The van der Waals surface area contributed by atoms with Crippen molar-refractivity contribution in [1.29, 1.82) is 0 Å². The second-order valence-corrected chi connectivity index (χ2v) is 7.47. The lowest BCUT2D eigenvalue weighted by molar-refractivity contribution is 0.0919. The molecule has 6 nitrogen and oxygen atoms in total. The van der Waals surface area contributed by atoms with Gasteiger partial charge >= 0.3 is 0 Å². The fourth-order valence-electron chi connectivity index (χ4n) is 3.30. The highest BCUT2D eigenvalue weighted by atomic mass is 35.5. The number of hydrogen-bond donors (Lipinski definition) is 1. The van der Waals surface area contributed by atoms with Crippen LogP contribution in [0.3, 0.4) is 0 Å². The van der Waals surface area contributed by atoms with Crippen LogP contribution in [0.25, 0.3) is 5.69 Å². The van der Waals surface area contributed by atoms with Crippen molar-refractivity contribution in [2.24, 2.45) is 0 Å². The van der Waals surface area contributed by atoms with E-state index in [4.69, 9.17) is 20.8 Å². The van der Waals surface area contributed by atoms with Gasteiger partial charge in [0, 0.05) is 17.8 Å². The second kappa shape index (κ2) is 9.10. The lowest BCUT2D eigenvalue weighted by Crippen LogP contribution is -2.23. The van der Waals surface area contributed by atoms with E-state index in [0.717, 1.165) is 22.6 Å². The molecule has 2 aromatic carbocycles. The minimum atomic E-state index is -0.296. The zero-order valence-electron chi connectivity index (χ0n) is 17.3. The topological polar surface area (TPSA) is 69.3 Å². The molecule has 0 atom stereocenters. The third kappa shape index (κ3) is 4.64. The number of nitrogens with zero attached hydrogens (tertiary/aromatic N) is 2. The molecule has 0 saturated carbocycles. The zero-order chi connectivity index (χ0) is 21.8. The van der Waals surface area contributed by atoms with Gasteiger partial charge in [-0.2, -0.15) is 5.10 Å². The van der Waals surface area contributed by atoms with Crippen molar-refractivity contribution in [3.8, 4) is 11.4 Å². The highest BCUT2D eigenvalue weighted by Crippen LogP contribution is 2.24. The summed E-state index contributed by atoms with van der Waals surface area (Å²) in [6, 6.07) is 20.4. The molecular weight excluding hydrogens is 414 g/mol. The van der Waals surface area contributed by atoms with Gasteiger partial charge in [-0.25, -0.2) is 4.68 Å². The summed E-state index contributed by atoms with van der Waals surface area (Å²) < 4.78 is 13.2. The van der Waals surface area contributed by atoms with Crippen LogP contribution in [0.4, 0.5) is 0 Å². The van der Waals surface area contributed by atoms with Crippen LogP contribution in [0.5, 0.6) is 5.75 Å². The number of amides is 1. The molecule has 0 spiro atoms. The Bertz CT molecular complexity index is 1200. The molecule has 7 heteroatoms. The van der Waals surface area contributed by atoms with Crippen LogP contribution in [-0.2, 0) is 13.2 Å². The van der Waals surface area contributed by atoms with Gasteiger partial charge in [0.2, 0.25) is 0 Å². The first-order valence-corrected chi connectivity index (χ1v) is 10.3. The highest BCUT2D eigenvalue weighted by molar-refractivity contribution is 6.32. The van der Waals surface area contributed by atoms with Gasteiger partial charge in [0.15, 0.2) is 5.76 Å². The lowest BCUT2D eigenvalue weighted by atomic mass is 10.2. The minimum Gasteiger partial charge on any atom is -0.484 e. The Hall–Kier alpha value is -3.51. The Labute approximate surface area is 185 Å². The smallest absolute Gasteiger partial charge is 0.287 e. The molecule has 158 valence electrons. The van der Waals surface area contributed by atoms with Crippen LogP contribution in [-0.4, -0.2) is 15.7 Å². The Balaban J connectivity index is 1.39. The predicted molar refractivity (Wildman–Crippen MR) is 119 cm³/mol. The Morgan fingerprint density at radius 2 is 1.81 bits per heavy atom. The van der Waals surface area contributed by atoms with Crippen LogP contribution >= 0.6 is 11.6 Å². The van der Waals surface area contributed by atoms with Gasteiger partial charge in [0.25, 0.3) is 5.91 Å². The average Bonchev–Trinajstić information content (AvgIpc) is 3.37. The molecular formula is C24H22ClN3O3. The molecule has 0 aliphatic carbocycles. The van der Waals surface area contributed by atoms with Crippen molar-refractivity contribution in [2.45, 2.75) is 27.0 Å². The molecule has 0 aliphatic heterocycles. The molecule has 0 saturated heterocycles. The summed E-state index contributed by atoms with van der Waals surface area (Å²) in [4.78, 5) is 12.6. The van der Waals surface area contributed by atoms with Gasteiger partial charge in [-0.05, 0) is 50.2 Å². The predicted octanol–water partition coefficient (Wildman–Crippen LogP) is 5.24. The molecule has 1 N–H and O–H groups in total. The summed E-state index contributed by atoms with van der Waals surface area (Å²) in [5.41, 5.74) is 3.81. The van der Waals surface area contributed by atoms with E-state index < -0.39 is 0 Å². The first-order chi connectivity index (χ1) is 15.0. The average molecular weight is 436 g/mol. The summed E-state index contributed by atoms with van der Waals surface area (Å²) in [6.07, 6.45) is 0. The number of carbonyl (C=O) groups is 1. The third-order valence-electron chi connectivity index (χ3n) is 4.96. The first kappa shape index (κ1) is 20.8. The number of aromatic nitrogens is 2. The van der Waals surface area contributed by atoms with Crippen LogP contribution in [0.1, 0.15) is 33.3 Å². The molecule has 0 radical (unpaired) electrons. The molecule has 0 aliphatic rings. The standard InChI is InChI=1S/C24H22ClN3O3/c1-16-20(17(2)28(27-16)18-8-4-3-5-9-18)14-26-24(29)23-13-12-19(31-23)15-30-22-11-7-6-10-21(22)25/h3-13H,14-15H2,1-2H3,(H,26,29). The van der Waals surface area contributed by atoms with Crippen molar-refractivity contribution in [3.05, 3.63) is 100 Å². The number of rotatable bonds is 7.